The van der Waals surface area contributed by atoms with Crippen LogP contribution in [0.25, 0.3) is 11.3 Å². The third-order valence-electron chi connectivity index (χ3n) is 5.03. The van der Waals surface area contributed by atoms with E-state index >= 15 is 0 Å². The first-order valence-corrected chi connectivity index (χ1v) is 10.5. The number of halogens is 3. The maximum Gasteiger partial charge on any atom is 0.387 e. The number of rotatable bonds is 8. The number of ether oxygens (including phenoxy) is 2. The number of H-pyrrole nitrogens is 1. The summed E-state index contributed by atoms with van der Waals surface area (Å²) in [6.07, 6.45) is 3.46. The van der Waals surface area contributed by atoms with Crippen molar-refractivity contribution in [2.24, 2.45) is 0 Å². The SMILES string of the molecule is CC(C)(O)COc1cnccc1-c1[nH]c2c(c1Nc1cccc(F)c1OC(F)F)C(=O)NCC2. The van der Waals surface area contributed by atoms with E-state index < -0.39 is 23.8 Å². The monoisotopic (exact) mass is 476 g/mol. The lowest BCUT2D eigenvalue weighted by molar-refractivity contribution is -0.0516. The zero-order chi connectivity index (χ0) is 24.5. The van der Waals surface area contributed by atoms with Gasteiger partial charge in [0.05, 0.1) is 34.4 Å². The van der Waals surface area contributed by atoms with E-state index in [9.17, 15) is 23.1 Å². The molecular formula is C23H23F3N4O4. The van der Waals surface area contributed by atoms with Gasteiger partial charge in [-0.05, 0) is 32.0 Å². The van der Waals surface area contributed by atoms with Crippen molar-refractivity contribution in [3.05, 3.63) is 53.7 Å². The second-order valence-electron chi connectivity index (χ2n) is 8.33. The van der Waals surface area contributed by atoms with Crippen molar-refractivity contribution in [1.29, 1.82) is 0 Å². The number of hydrogen-bond acceptors (Lipinski definition) is 6. The fraction of sp³-hybridized carbons (Fsp3) is 0.304. The number of aromatic nitrogens is 2. The second kappa shape index (κ2) is 9.26. The van der Waals surface area contributed by atoms with E-state index in [1.807, 2.05) is 0 Å². The van der Waals surface area contributed by atoms with Crippen molar-refractivity contribution >= 4 is 17.3 Å². The number of carbonyl (C=O) groups is 1. The van der Waals surface area contributed by atoms with Gasteiger partial charge in [0.1, 0.15) is 12.4 Å². The molecule has 4 rings (SSSR count). The van der Waals surface area contributed by atoms with E-state index in [1.165, 1.54) is 24.5 Å². The molecule has 34 heavy (non-hydrogen) atoms. The largest absolute Gasteiger partial charge is 0.488 e. The summed E-state index contributed by atoms with van der Waals surface area (Å²) < 4.78 is 50.4. The lowest BCUT2D eigenvalue weighted by Crippen LogP contribution is -2.31. The van der Waals surface area contributed by atoms with Gasteiger partial charge in [-0.25, -0.2) is 4.39 Å². The summed E-state index contributed by atoms with van der Waals surface area (Å²) in [7, 11) is 0. The number of hydrogen-bond donors (Lipinski definition) is 4. The molecule has 0 aliphatic carbocycles. The van der Waals surface area contributed by atoms with Crippen molar-refractivity contribution in [2.45, 2.75) is 32.5 Å². The number of aromatic amines is 1. The van der Waals surface area contributed by atoms with Crippen LogP contribution in [0.2, 0.25) is 0 Å². The average Bonchev–Trinajstić information content (AvgIpc) is 3.13. The number of fused-ring (bicyclic) bond motifs is 1. The predicted octanol–water partition coefficient (Wildman–Crippen LogP) is 4.00. The average molecular weight is 476 g/mol. The summed E-state index contributed by atoms with van der Waals surface area (Å²) in [5, 5.41) is 15.7. The smallest absolute Gasteiger partial charge is 0.387 e. The maximum atomic E-state index is 14.3. The Morgan fingerprint density at radius 1 is 1.29 bits per heavy atom. The fourth-order valence-corrected chi connectivity index (χ4v) is 3.61. The van der Waals surface area contributed by atoms with Gasteiger partial charge in [0, 0.05) is 30.4 Å². The van der Waals surface area contributed by atoms with Crippen LogP contribution in [-0.2, 0) is 6.42 Å². The number of benzene rings is 1. The summed E-state index contributed by atoms with van der Waals surface area (Å²) in [6.45, 7) is 0.293. The molecule has 1 aliphatic rings. The van der Waals surface area contributed by atoms with Crippen molar-refractivity contribution in [1.82, 2.24) is 15.3 Å². The highest BCUT2D eigenvalue weighted by molar-refractivity contribution is 6.06. The Labute approximate surface area is 193 Å². The Hall–Kier alpha value is -3.73. The normalized spacial score (nSPS) is 13.4. The third kappa shape index (κ3) is 4.93. The predicted molar refractivity (Wildman–Crippen MR) is 118 cm³/mol. The Bertz CT molecular complexity index is 1210. The van der Waals surface area contributed by atoms with E-state index in [-0.39, 0.29) is 29.5 Å². The first kappa shape index (κ1) is 23.4. The molecule has 2 aromatic heterocycles. The highest BCUT2D eigenvalue weighted by Crippen LogP contribution is 2.42. The molecule has 8 nitrogen and oxygen atoms in total. The number of para-hydroxylation sites is 1. The molecule has 0 unspecified atom stereocenters. The minimum Gasteiger partial charge on any atom is -0.488 e. The van der Waals surface area contributed by atoms with Crippen LogP contribution in [0.5, 0.6) is 11.5 Å². The van der Waals surface area contributed by atoms with Gasteiger partial charge in [-0.3, -0.25) is 9.78 Å². The maximum absolute atomic E-state index is 14.3. The highest BCUT2D eigenvalue weighted by atomic mass is 19.3. The summed E-state index contributed by atoms with van der Waals surface area (Å²) in [6, 6.07) is 5.33. The summed E-state index contributed by atoms with van der Waals surface area (Å²) >= 11 is 0. The van der Waals surface area contributed by atoms with Crippen LogP contribution >= 0.6 is 0 Å². The van der Waals surface area contributed by atoms with Gasteiger partial charge in [0.15, 0.2) is 11.6 Å². The molecule has 11 heteroatoms. The van der Waals surface area contributed by atoms with Crippen LogP contribution in [0.4, 0.5) is 24.5 Å². The zero-order valence-electron chi connectivity index (χ0n) is 18.4. The highest BCUT2D eigenvalue weighted by Gasteiger charge is 2.29. The molecule has 1 aromatic carbocycles. The zero-order valence-corrected chi connectivity index (χ0v) is 18.4. The number of nitrogens with one attached hydrogen (secondary N) is 3. The first-order valence-electron chi connectivity index (χ1n) is 10.5. The van der Waals surface area contributed by atoms with Crippen LogP contribution in [0, 0.1) is 5.82 Å². The molecule has 3 heterocycles. The van der Waals surface area contributed by atoms with Gasteiger partial charge in [0.25, 0.3) is 5.91 Å². The van der Waals surface area contributed by atoms with Crippen LogP contribution in [0.15, 0.2) is 36.7 Å². The number of carbonyl (C=O) groups excluding carboxylic acids is 1. The molecule has 3 aromatic rings. The van der Waals surface area contributed by atoms with E-state index in [1.54, 1.807) is 19.9 Å². The molecule has 0 saturated carbocycles. The van der Waals surface area contributed by atoms with Crippen molar-refractivity contribution < 1.29 is 32.5 Å². The molecule has 0 bridgehead atoms. The van der Waals surface area contributed by atoms with Gasteiger partial charge in [-0.1, -0.05) is 6.07 Å². The van der Waals surface area contributed by atoms with Crippen molar-refractivity contribution in [3.8, 4) is 22.8 Å². The molecule has 0 radical (unpaired) electrons. The van der Waals surface area contributed by atoms with Crippen molar-refractivity contribution in [2.75, 3.05) is 18.5 Å². The molecule has 0 atom stereocenters. The quantitative estimate of drug-likeness (QED) is 0.392. The van der Waals surface area contributed by atoms with Gasteiger partial charge in [-0.2, -0.15) is 8.78 Å². The van der Waals surface area contributed by atoms with Crippen molar-refractivity contribution in [3.63, 3.8) is 0 Å². The number of amides is 1. The molecule has 0 fully saturated rings. The number of alkyl halides is 2. The lowest BCUT2D eigenvalue weighted by atomic mass is 10.0. The number of aliphatic hydroxyl groups is 1. The van der Waals surface area contributed by atoms with E-state index in [4.69, 9.17) is 4.74 Å². The third-order valence-corrected chi connectivity index (χ3v) is 5.03. The van der Waals surface area contributed by atoms with Gasteiger partial charge in [-0.15, -0.1) is 0 Å². The Morgan fingerprint density at radius 2 is 2.09 bits per heavy atom. The van der Waals surface area contributed by atoms with Gasteiger partial charge in [0.2, 0.25) is 0 Å². The van der Waals surface area contributed by atoms with Gasteiger partial charge < -0.3 is 30.2 Å². The molecule has 180 valence electrons. The lowest BCUT2D eigenvalue weighted by Gasteiger charge is -2.20. The van der Waals surface area contributed by atoms with Crippen LogP contribution in [0.1, 0.15) is 29.9 Å². The minimum absolute atomic E-state index is 0.0361. The van der Waals surface area contributed by atoms with Crippen LogP contribution in [-0.4, -0.2) is 46.3 Å². The molecule has 1 aliphatic heterocycles. The molecule has 4 N–H and O–H groups in total. The number of anilines is 2. The van der Waals surface area contributed by atoms with Gasteiger partial charge >= 0.3 is 6.61 Å². The Balaban J connectivity index is 1.84. The molecular weight excluding hydrogens is 453 g/mol. The summed E-state index contributed by atoms with van der Waals surface area (Å²) in [5.41, 5.74) is 0.801. The van der Waals surface area contributed by atoms with Crippen LogP contribution < -0.4 is 20.1 Å². The molecule has 1 amide bonds. The Morgan fingerprint density at radius 3 is 2.82 bits per heavy atom. The second-order valence-corrected chi connectivity index (χ2v) is 8.33. The van der Waals surface area contributed by atoms with Crippen LogP contribution in [0.3, 0.4) is 0 Å². The summed E-state index contributed by atoms with van der Waals surface area (Å²) in [5.74, 6) is -1.73. The topological polar surface area (TPSA) is 108 Å². The minimum atomic E-state index is -3.25. The Kier molecular flexibility index (Phi) is 6.38. The van der Waals surface area contributed by atoms with E-state index in [0.29, 0.717) is 35.7 Å². The molecule has 0 saturated heterocycles. The number of pyridine rings is 1. The van der Waals surface area contributed by atoms with E-state index in [0.717, 1.165) is 6.07 Å². The standard InChI is InChI=1S/C23H23F3N4O4/c1-23(2,32)11-33-16-10-27-8-6-12(16)18-19(17-14(29-18)7-9-28-21(17)31)30-15-5-3-4-13(24)20(15)34-22(25)26/h3-6,8,10,22,29-30,32H,7,9,11H2,1-2H3,(H,28,31). The first-order chi connectivity index (χ1) is 16.1. The fourth-order valence-electron chi connectivity index (χ4n) is 3.61. The van der Waals surface area contributed by atoms with E-state index in [2.05, 4.69) is 25.3 Å². The summed E-state index contributed by atoms with van der Waals surface area (Å²) in [4.78, 5) is 20.0. The number of nitrogens with zero attached hydrogens (tertiary/aromatic N) is 1. The molecule has 0 spiro atoms.